The number of hydrogen-bond acceptors (Lipinski definition) is 4. The van der Waals surface area contributed by atoms with E-state index in [1.807, 2.05) is 12.1 Å². The fourth-order valence-electron chi connectivity index (χ4n) is 2.58. The summed E-state index contributed by atoms with van der Waals surface area (Å²) in [4.78, 5) is 0.380. The van der Waals surface area contributed by atoms with E-state index in [0.29, 0.717) is 16.5 Å². The summed E-state index contributed by atoms with van der Waals surface area (Å²) in [5.74, 6) is 0.543. The average Bonchev–Trinajstić information content (AvgIpc) is 2.39. The van der Waals surface area contributed by atoms with Crippen molar-refractivity contribution >= 4 is 15.5 Å². The third kappa shape index (κ3) is 3.70. The van der Waals surface area contributed by atoms with E-state index in [1.54, 1.807) is 12.1 Å². The van der Waals surface area contributed by atoms with Gasteiger partial charge in [0.25, 0.3) is 0 Å². The van der Waals surface area contributed by atoms with Crippen molar-refractivity contribution in [2.24, 2.45) is 5.92 Å². The minimum absolute atomic E-state index is 0.260. The Balaban J connectivity index is 2.14. The first-order chi connectivity index (χ1) is 8.98. The molecular weight excluding hydrogens is 260 g/mol. The SMILES string of the molecule is CC(Nc1ccccc1S(C)(=O)=O)C1CCCNC1. The summed E-state index contributed by atoms with van der Waals surface area (Å²) in [6.07, 6.45) is 3.62. The summed E-state index contributed by atoms with van der Waals surface area (Å²) in [7, 11) is -3.19. The van der Waals surface area contributed by atoms with Crippen LogP contribution < -0.4 is 10.6 Å². The molecule has 1 heterocycles. The number of sulfone groups is 1. The molecule has 1 aliphatic rings. The first-order valence-electron chi connectivity index (χ1n) is 6.75. The van der Waals surface area contributed by atoms with Crippen molar-refractivity contribution in [1.29, 1.82) is 0 Å². The van der Waals surface area contributed by atoms with Crippen molar-refractivity contribution in [2.75, 3.05) is 24.7 Å². The molecule has 19 heavy (non-hydrogen) atoms. The lowest BCUT2D eigenvalue weighted by molar-refractivity contribution is 0.347. The molecule has 2 rings (SSSR count). The molecule has 0 bridgehead atoms. The molecular formula is C14H22N2O2S. The number of nitrogens with one attached hydrogen (secondary N) is 2. The molecule has 1 aromatic carbocycles. The van der Waals surface area contributed by atoms with Gasteiger partial charge in [-0.1, -0.05) is 12.1 Å². The molecule has 2 unspecified atom stereocenters. The van der Waals surface area contributed by atoms with E-state index in [4.69, 9.17) is 0 Å². The highest BCUT2D eigenvalue weighted by molar-refractivity contribution is 7.90. The molecule has 2 atom stereocenters. The van der Waals surface area contributed by atoms with Gasteiger partial charge in [0.1, 0.15) is 0 Å². The summed E-state index contributed by atoms with van der Waals surface area (Å²) in [6.45, 7) is 4.20. The van der Waals surface area contributed by atoms with Crippen molar-refractivity contribution in [1.82, 2.24) is 5.32 Å². The van der Waals surface area contributed by atoms with Gasteiger partial charge in [0, 0.05) is 12.3 Å². The fraction of sp³-hybridized carbons (Fsp3) is 0.571. The second-order valence-electron chi connectivity index (χ2n) is 5.31. The minimum Gasteiger partial charge on any atom is -0.381 e. The van der Waals surface area contributed by atoms with Crippen LogP contribution in [0.5, 0.6) is 0 Å². The monoisotopic (exact) mass is 282 g/mol. The first-order valence-corrected chi connectivity index (χ1v) is 8.64. The standard InChI is InChI=1S/C14H22N2O2S/c1-11(12-6-5-9-15-10-12)16-13-7-3-4-8-14(13)19(2,17)18/h3-4,7-8,11-12,15-16H,5-6,9-10H2,1-2H3. The van der Waals surface area contributed by atoms with Gasteiger partial charge in [-0.15, -0.1) is 0 Å². The van der Waals surface area contributed by atoms with Crippen LogP contribution in [0.25, 0.3) is 0 Å². The van der Waals surface area contributed by atoms with Crippen molar-refractivity contribution in [2.45, 2.75) is 30.7 Å². The van der Waals surface area contributed by atoms with E-state index in [0.717, 1.165) is 13.1 Å². The van der Waals surface area contributed by atoms with Gasteiger partial charge in [0.2, 0.25) is 0 Å². The van der Waals surface area contributed by atoms with Gasteiger partial charge in [0.15, 0.2) is 9.84 Å². The van der Waals surface area contributed by atoms with E-state index < -0.39 is 9.84 Å². The van der Waals surface area contributed by atoms with E-state index >= 15 is 0 Å². The predicted molar refractivity (Wildman–Crippen MR) is 78.2 cm³/mol. The predicted octanol–water partition coefficient (Wildman–Crippen LogP) is 1.89. The minimum atomic E-state index is -3.19. The topological polar surface area (TPSA) is 58.2 Å². The molecule has 1 aliphatic heterocycles. The number of hydrogen-bond donors (Lipinski definition) is 2. The van der Waals surface area contributed by atoms with Gasteiger partial charge < -0.3 is 10.6 Å². The number of anilines is 1. The van der Waals surface area contributed by atoms with Gasteiger partial charge in [0.05, 0.1) is 10.6 Å². The van der Waals surface area contributed by atoms with Crippen molar-refractivity contribution in [3.8, 4) is 0 Å². The third-order valence-corrected chi connectivity index (χ3v) is 4.87. The van der Waals surface area contributed by atoms with Crippen LogP contribution >= 0.6 is 0 Å². The summed E-state index contributed by atoms with van der Waals surface area (Å²) in [5.41, 5.74) is 0.711. The number of piperidine rings is 1. The molecule has 2 N–H and O–H groups in total. The van der Waals surface area contributed by atoms with Crippen LogP contribution in [0.15, 0.2) is 29.2 Å². The largest absolute Gasteiger partial charge is 0.381 e. The highest BCUT2D eigenvalue weighted by Gasteiger charge is 2.21. The van der Waals surface area contributed by atoms with Crippen LogP contribution in [-0.2, 0) is 9.84 Å². The van der Waals surface area contributed by atoms with Gasteiger partial charge >= 0.3 is 0 Å². The molecule has 5 heteroatoms. The van der Waals surface area contributed by atoms with Crippen LogP contribution in [0.2, 0.25) is 0 Å². The molecule has 0 aromatic heterocycles. The Morgan fingerprint density at radius 1 is 1.37 bits per heavy atom. The molecule has 1 fully saturated rings. The van der Waals surface area contributed by atoms with Gasteiger partial charge in [-0.25, -0.2) is 8.42 Å². The molecule has 4 nitrogen and oxygen atoms in total. The van der Waals surface area contributed by atoms with Gasteiger partial charge in [-0.05, 0) is 50.9 Å². The maximum absolute atomic E-state index is 11.8. The van der Waals surface area contributed by atoms with Crippen LogP contribution in [0.3, 0.4) is 0 Å². The van der Waals surface area contributed by atoms with Gasteiger partial charge in [-0.2, -0.15) is 0 Å². The van der Waals surface area contributed by atoms with Crippen molar-refractivity contribution < 1.29 is 8.42 Å². The van der Waals surface area contributed by atoms with E-state index in [1.165, 1.54) is 19.1 Å². The molecule has 0 saturated carbocycles. The summed E-state index contributed by atoms with van der Waals surface area (Å²) < 4.78 is 23.5. The molecule has 0 spiro atoms. The van der Waals surface area contributed by atoms with Crippen LogP contribution in [0.1, 0.15) is 19.8 Å². The van der Waals surface area contributed by atoms with Crippen LogP contribution in [0.4, 0.5) is 5.69 Å². The number of rotatable bonds is 4. The Morgan fingerprint density at radius 3 is 2.74 bits per heavy atom. The van der Waals surface area contributed by atoms with E-state index in [2.05, 4.69) is 17.6 Å². The third-order valence-electron chi connectivity index (χ3n) is 3.71. The quantitative estimate of drug-likeness (QED) is 0.885. The Bertz CT molecular complexity index is 522. The summed E-state index contributed by atoms with van der Waals surface area (Å²) in [5, 5.41) is 6.76. The molecule has 0 amide bonds. The molecule has 1 aromatic rings. The fourth-order valence-corrected chi connectivity index (χ4v) is 3.43. The van der Waals surface area contributed by atoms with Crippen molar-refractivity contribution in [3.05, 3.63) is 24.3 Å². The van der Waals surface area contributed by atoms with Crippen LogP contribution in [-0.4, -0.2) is 33.8 Å². The second-order valence-corrected chi connectivity index (χ2v) is 7.29. The average molecular weight is 282 g/mol. The Labute approximate surface area is 115 Å². The molecule has 0 aliphatic carbocycles. The zero-order chi connectivity index (χ0) is 13.9. The lowest BCUT2D eigenvalue weighted by Gasteiger charge is -2.30. The summed E-state index contributed by atoms with van der Waals surface area (Å²) in [6, 6.07) is 7.37. The highest BCUT2D eigenvalue weighted by atomic mass is 32.2. The molecule has 106 valence electrons. The maximum Gasteiger partial charge on any atom is 0.177 e. The van der Waals surface area contributed by atoms with E-state index in [9.17, 15) is 8.42 Å². The number of benzene rings is 1. The maximum atomic E-state index is 11.8. The zero-order valence-corrected chi connectivity index (χ0v) is 12.3. The van der Waals surface area contributed by atoms with Gasteiger partial charge in [-0.3, -0.25) is 0 Å². The van der Waals surface area contributed by atoms with E-state index in [-0.39, 0.29) is 6.04 Å². The zero-order valence-electron chi connectivity index (χ0n) is 11.5. The lowest BCUT2D eigenvalue weighted by Crippen LogP contribution is -2.39. The van der Waals surface area contributed by atoms with Crippen molar-refractivity contribution in [3.63, 3.8) is 0 Å². The normalized spacial score (nSPS) is 21.9. The first kappa shape index (κ1) is 14.3. The smallest absolute Gasteiger partial charge is 0.177 e. The molecule has 1 saturated heterocycles. The highest BCUT2D eigenvalue weighted by Crippen LogP contribution is 2.24. The number of para-hydroxylation sites is 1. The summed E-state index contributed by atoms with van der Waals surface area (Å²) >= 11 is 0. The second kappa shape index (κ2) is 5.92. The Hall–Kier alpha value is -1.07. The molecule has 0 radical (unpaired) electrons. The Kier molecular flexibility index (Phi) is 4.47. The lowest BCUT2D eigenvalue weighted by atomic mass is 9.92. The van der Waals surface area contributed by atoms with Crippen LogP contribution in [0, 0.1) is 5.92 Å². The Morgan fingerprint density at radius 2 is 2.11 bits per heavy atom.